The Hall–Kier alpha value is -1.91. The number of ether oxygens (including phenoxy) is 1. The van der Waals surface area contributed by atoms with Gasteiger partial charge in [0.15, 0.2) is 0 Å². The van der Waals surface area contributed by atoms with Crippen LogP contribution in [0.1, 0.15) is 12.5 Å². The molecule has 3 rings (SSSR count). The van der Waals surface area contributed by atoms with E-state index < -0.39 is 0 Å². The molecule has 23 heavy (non-hydrogen) atoms. The lowest BCUT2D eigenvalue weighted by Gasteiger charge is -2.09. The molecule has 0 spiro atoms. The Morgan fingerprint density at radius 2 is 1.78 bits per heavy atom. The Bertz CT molecular complexity index is 796. The Morgan fingerprint density at radius 1 is 1.04 bits per heavy atom. The zero-order valence-corrected chi connectivity index (χ0v) is 14.8. The summed E-state index contributed by atoms with van der Waals surface area (Å²) in [6, 6.07) is 18.0. The SMILES string of the molecule is CCc1c(SC)sc(N)c1-c1cccc(Oc2ccccc2)c1. The topological polar surface area (TPSA) is 35.2 Å². The third-order valence-electron chi connectivity index (χ3n) is 3.64. The summed E-state index contributed by atoms with van der Waals surface area (Å²) in [5.74, 6) is 1.66. The first kappa shape index (κ1) is 16.0. The van der Waals surface area contributed by atoms with Gasteiger partial charge in [0.1, 0.15) is 11.5 Å². The molecule has 0 radical (unpaired) electrons. The zero-order valence-electron chi connectivity index (χ0n) is 13.2. The van der Waals surface area contributed by atoms with Gasteiger partial charge < -0.3 is 10.5 Å². The van der Waals surface area contributed by atoms with Crippen molar-refractivity contribution in [2.45, 2.75) is 17.6 Å². The molecule has 0 amide bonds. The van der Waals surface area contributed by atoms with Crippen LogP contribution in [-0.4, -0.2) is 6.26 Å². The molecule has 0 unspecified atom stereocenters. The number of thioether (sulfide) groups is 1. The van der Waals surface area contributed by atoms with Crippen molar-refractivity contribution in [1.29, 1.82) is 0 Å². The highest BCUT2D eigenvalue weighted by Gasteiger charge is 2.16. The van der Waals surface area contributed by atoms with Gasteiger partial charge in [0.05, 0.1) is 9.21 Å². The maximum Gasteiger partial charge on any atom is 0.128 e. The Kier molecular flexibility index (Phi) is 4.94. The van der Waals surface area contributed by atoms with Gasteiger partial charge in [-0.1, -0.05) is 37.3 Å². The monoisotopic (exact) mass is 341 g/mol. The molecule has 0 bridgehead atoms. The van der Waals surface area contributed by atoms with Crippen molar-refractivity contribution in [3.05, 3.63) is 60.2 Å². The minimum absolute atomic E-state index is 0.826. The fraction of sp³-hybridized carbons (Fsp3) is 0.158. The average Bonchev–Trinajstić information content (AvgIpc) is 2.91. The second-order valence-corrected chi connectivity index (χ2v) is 7.24. The van der Waals surface area contributed by atoms with Gasteiger partial charge in [0, 0.05) is 5.56 Å². The van der Waals surface area contributed by atoms with Crippen LogP contribution in [0.15, 0.2) is 58.8 Å². The molecule has 0 atom stereocenters. The number of hydrogen-bond donors (Lipinski definition) is 1. The summed E-state index contributed by atoms with van der Waals surface area (Å²) in [7, 11) is 0. The molecule has 118 valence electrons. The van der Waals surface area contributed by atoms with Crippen molar-refractivity contribution in [3.8, 4) is 22.6 Å². The van der Waals surface area contributed by atoms with Crippen LogP contribution in [0.2, 0.25) is 0 Å². The van der Waals surface area contributed by atoms with Crippen LogP contribution in [0.25, 0.3) is 11.1 Å². The van der Waals surface area contributed by atoms with Crippen LogP contribution >= 0.6 is 23.1 Å². The predicted molar refractivity (Wildman–Crippen MR) is 102 cm³/mol. The molecular weight excluding hydrogens is 322 g/mol. The molecule has 2 nitrogen and oxygen atoms in total. The van der Waals surface area contributed by atoms with Gasteiger partial charge in [-0.05, 0) is 48.1 Å². The van der Waals surface area contributed by atoms with Crippen molar-refractivity contribution in [1.82, 2.24) is 0 Å². The molecule has 4 heteroatoms. The van der Waals surface area contributed by atoms with E-state index in [1.807, 2.05) is 42.5 Å². The molecule has 0 fully saturated rings. The number of benzene rings is 2. The molecule has 0 aliphatic heterocycles. The fourth-order valence-electron chi connectivity index (χ4n) is 2.61. The molecule has 2 aromatic carbocycles. The quantitative estimate of drug-likeness (QED) is 0.572. The van der Waals surface area contributed by atoms with E-state index in [9.17, 15) is 0 Å². The number of thiophene rings is 1. The summed E-state index contributed by atoms with van der Waals surface area (Å²) in [5, 5.41) is 0.878. The van der Waals surface area contributed by atoms with Gasteiger partial charge in [0.2, 0.25) is 0 Å². The van der Waals surface area contributed by atoms with Gasteiger partial charge in [-0.3, -0.25) is 0 Å². The predicted octanol–water partition coefficient (Wildman–Crippen LogP) is 6.07. The summed E-state index contributed by atoms with van der Waals surface area (Å²) in [6.45, 7) is 2.18. The van der Waals surface area contributed by atoms with Crippen molar-refractivity contribution in [2.24, 2.45) is 0 Å². The average molecular weight is 342 g/mol. The number of rotatable bonds is 5. The fourth-order valence-corrected chi connectivity index (χ4v) is 4.61. The first-order valence-electron chi connectivity index (χ1n) is 7.51. The van der Waals surface area contributed by atoms with E-state index in [1.165, 1.54) is 9.77 Å². The van der Waals surface area contributed by atoms with Crippen LogP contribution in [0.5, 0.6) is 11.5 Å². The van der Waals surface area contributed by atoms with Gasteiger partial charge in [-0.25, -0.2) is 0 Å². The highest BCUT2D eigenvalue weighted by atomic mass is 32.2. The van der Waals surface area contributed by atoms with Crippen LogP contribution in [-0.2, 0) is 6.42 Å². The molecule has 0 aliphatic carbocycles. The van der Waals surface area contributed by atoms with E-state index in [0.29, 0.717) is 0 Å². The van der Waals surface area contributed by atoms with Gasteiger partial charge >= 0.3 is 0 Å². The highest BCUT2D eigenvalue weighted by molar-refractivity contribution is 8.00. The Morgan fingerprint density at radius 3 is 2.48 bits per heavy atom. The molecular formula is C19H19NOS2. The second-order valence-electron chi connectivity index (χ2n) is 5.11. The van der Waals surface area contributed by atoms with E-state index in [-0.39, 0.29) is 0 Å². The van der Waals surface area contributed by atoms with E-state index in [4.69, 9.17) is 10.5 Å². The van der Waals surface area contributed by atoms with Crippen molar-refractivity contribution >= 4 is 28.1 Å². The molecule has 1 aromatic heterocycles. The number of nitrogen functional groups attached to an aromatic ring is 1. The maximum atomic E-state index is 6.29. The lowest BCUT2D eigenvalue weighted by Crippen LogP contribution is -1.90. The Balaban J connectivity index is 1.99. The van der Waals surface area contributed by atoms with E-state index in [0.717, 1.165) is 34.0 Å². The van der Waals surface area contributed by atoms with Crippen LogP contribution in [0.4, 0.5) is 5.00 Å². The smallest absolute Gasteiger partial charge is 0.128 e. The van der Waals surface area contributed by atoms with Crippen LogP contribution < -0.4 is 10.5 Å². The van der Waals surface area contributed by atoms with E-state index in [1.54, 1.807) is 23.1 Å². The maximum absolute atomic E-state index is 6.29. The number of nitrogens with two attached hydrogens (primary N) is 1. The van der Waals surface area contributed by atoms with Crippen LogP contribution in [0.3, 0.4) is 0 Å². The van der Waals surface area contributed by atoms with Crippen molar-refractivity contribution in [3.63, 3.8) is 0 Å². The molecule has 2 N–H and O–H groups in total. The summed E-state index contributed by atoms with van der Waals surface area (Å²) < 4.78 is 7.24. The Labute approximate surface area is 145 Å². The summed E-state index contributed by atoms with van der Waals surface area (Å²) >= 11 is 3.43. The molecule has 0 saturated carbocycles. The van der Waals surface area contributed by atoms with Crippen molar-refractivity contribution in [2.75, 3.05) is 12.0 Å². The first-order valence-corrected chi connectivity index (χ1v) is 9.55. The van der Waals surface area contributed by atoms with Crippen molar-refractivity contribution < 1.29 is 4.74 Å². The molecule has 1 heterocycles. The van der Waals surface area contributed by atoms with Crippen LogP contribution in [0, 0.1) is 0 Å². The normalized spacial score (nSPS) is 10.7. The summed E-state index contributed by atoms with van der Waals surface area (Å²) in [4.78, 5) is 0. The minimum atomic E-state index is 0.826. The van der Waals surface area contributed by atoms with Gasteiger partial charge in [-0.15, -0.1) is 23.1 Å². The lowest BCUT2D eigenvalue weighted by atomic mass is 10.0. The zero-order chi connectivity index (χ0) is 16.2. The third kappa shape index (κ3) is 3.38. The third-order valence-corrected chi connectivity index (χ3v) is 5.86. The second kappa shape index (κ2) is 7.11. The lowest BCUT2D eigenvalue weighted by molar-refractivity contribution is 0.483. The van der Waals surface area contributed by atoms with Gasteiger partial charge in [0.25, 0.3) is 0 Å². The largest absolute Gasteiger partial charge is 0.457 e. The minimum Gasteiger partial charge on any atom is -0.457 e. The first-order chi connectivity index (χ1) is 11.2. The van der Waals surface area contributed by atoms with E-state index in [2.05, 4.69) is 25.3 Å². The highest BCUT2D eigenvalue weighted by Crippen LogP contribution is 2.44. The summed E-state index contributed by atoms with van der Waals surface area (Å²) in [5.41, 5.74) is 9.89. The number of anilines is 1. The van der Waals surface area contributed by atoms with Gasteiger partial charge in [-0.2, -0.15) is 0 Å². The molecule has 0 saturated heterocycles. The number of para-hydroxylation sites is 1. The molecule has 0 aliphatic rings. The number of hydrogen-bond acceptors (Lipinski definition) is 4. The standard InChI is InChI=1S/C19H19NOS2/c1-3-16-17(18(20)23-19(16)22-2)13-8-7-11-15(12-13)21-14-9-5-4-6-10-14/h4-12H,3,20H2,1-2H3. The van der Waals surface area contributed by atoms with E-state index >= 15 is 0 Å². The molecule has 3 aromatic rings. The summed E-state index contributed by atoms with van der Waals surface area (Å²) in [6.07, 6.45) is 3.08.